The molecule has 0 fully saturated rings. The number of benzene rings is 4. The van der Waals surface area contributed by atoms with Crippen molar-refractivity contribution in [2.24, 2.45) is 20.5 Å². The van der Waals surface area contributed by atoms with Crippen molar-refractivity contribution < 1.29 is 69.6 Å². The van der Waals surface area contributed by atoms with Crippen LogP contribution in [-0.2, 0) is 54.8 Å². The van der Waals surface area contributed by atoms with Crippen LogP contribution in [0.2, 0.25) is 0 Å². The van der Waals surface area contributed by atoms with Crippen LogP contribution in [0, 0.1) is 13.8 Å². The summed E-state index contributed by atoms with van der Waals surface area (Å²) in [6, 6.07) is 9.63. The Morgan fingerprint density at radius 1 is 0.660 bits per heavy atom. The van der Waals surface area contributed by atoms with Crippen molar-refractivity contribution in [2.75, 3.05) is 23.6 Å². The van der Waals surface area contributed by atoms with Crippen LogP contribution in [0.3, 0.4) is 0 Å². The van der Waals surface area contributed by atoms with Gasteiger partial charge >= 0.3 is 10.4 Å². The van der Waals surface area contributed by atoms with E-state index in [4.69, 9.17) is 4.55 Å². The van der Waals surface area contributed by atoms with Gasteiger partial charge in [0.2, 0.25) is 0 Å². The normalized spacial score (nSPS) is 13.3. The highest BCUT2D eigenvalue weighted by Gasteiger charge is 2.23. The fourth-order valence-electron chi connectivity index (χ4n) is 4.59. The van der Waals surface area contributed by atoms with Crippen LogP contribution in [-0.4, -0.2) is 83.6 Å². The molecular weight excluding hydrogens is 811 g/mol. The van der Waals surface area contributed by atoms with Gasteiger partial charge in [-0.1, -0.05) is 6.07 Å². The Morgan fingerprint density at radius 2 is 1.23 bits per heavy atom. The highest BCUT2D eigenvalue weighted by molar-refractivity contribution is 7.91. The van der Waals surface area contributed by atoms with Crippen LogP contribution in [0.5, 0.6) is 5.75 Å². The first-order valence-electron chi connectivity index (χ1n) is 14.1. The highest BCUT2D eigenvalue weighted by atomic mass is 32.3. The molecule has 286 valence electrons. The van der Waals surface area contributed by atoms with Crippen molar-refractivity contribution in [2.45, 2.75) is 28.5 Å². The fourth-order valence-corrected chi connectivity index (χ4v) is 7.64. The van der Waals surface area contributed by atoms with E-state index in [1.165, 1.54) is 37.3 Å². The van der Waals surface area contributed by atoms with Crippen LogP contribution >= 0.6 is 0 Å². The van der Waals surface area contributed by atoms with Crippen molar-refractivity contribution in [3.05, 3.63) is 65.7 Å². The minimum atomic E-state index is -5.05. The Kier molecular flexibility index (Phi) is 11.7. The molecule has 6 N–H and O–H groups in total. The number of phenols is 1. The van der Waals surface area contributed by atoms with E-state index in [1.54, 1.807) is 6.92 Å². The summed E-state index contributed by atoms with van der Waals surface area (Å²) in [5.41, 5.74) is -1.09. The molecule has 0 aliphatic heterocycles. The van der Waals surface area contributed by atoms with E-state index in [0.717, 1.165) is 12.1 Å². The maximum atomic E-state index is 12.8. The first-order chi connectivity index (χ1) is 24.3. The van der Waals surface area contributed by atoms with E-state index < -0.39 is 95.0 Å². The van der Waals surface area contributed by atoms with Gasteiger partial charge in [0.15, 0.2) is 15.6 Å². The summed E-state index contributed by atoms with van der Waals surface area (Å²) in [5, 5.41) is 29.3. The van der Waals surface area contributed by atoms with Gasteiger partial charge in [0.05, 0.1) is 22.9 Å². The summed E-state index contributed by atoms with van der Waals surface area (Å²) in [7, 11) is -23.8. The van der Waals surface area contributed by atoms with Crippen molar-refractivity contribution in [3.63, 3.8) is 0 Å². The van der Waals surface area contributed by atoms with Crippen molar-refractivity contribution in [1.29, 1.82) is 0 Å². The Morgan fingerprint density at radius 3 is 1.79 bits per heavy atom. The number of nitrogens with one attached hydrogen (secondary N) is 1. The molecule has 4 rings (SSSR count). The lowest BCUT2D eigenvalue weighted by Crippen LogP contribution is -2.15. The highest BCUT2D eigenvalue weighted by Crippen LogP contribution is 2.45. The number of azo groups is 2. The largest absolute Gasteiger partial charge is 0.505 e. The lowest BCUT2D eigenvalue weighted by Gasteiger charge is -2.14. The number of aryl methyl sites for hydroxylation is 2. The molecule has 0 heterocycles. The first kappa shape index (κ1) is 41.2. The van der Waals surface area contributed by atoms with Crippen LogP contribution in [0.15, 0.2) is 89.7 Å². The second-order valence-electron chi connectivity index (χ2n) is 10.9. The van der Waals surface area contributed by atoms with Crippen molar-refractivity contribution >= 4 is 89.8 Å². The van der Waals surface area contributed by atoms with E-state index in [-0.39, 0.29) is 39.1 Å². The van der Waals surface area contributed by atoms with Gasteiger partial charge in [-0.05, 0) is 73.5 Å². The summed E-state index contributed by atoms with van der Waals surface area (Å²) >= 11 is 0. The van der Waals surface area contributed by atoms with Gasteiger partial charge < -0.3 is 10.4 Å². The lowest BCUT2D eigenvalue weighted by molar-refractivity contribution is 0.284. The predicted octanol–water partition coefficient (Wildman–Crippen LogP) is 4.34. The number of hydrogen-bond acceptors (Lipinski definition) is 17. The Hall–Kier alpha value is -4.51. The van der Waals surface area contributed by atoms with Crippen LogP contribution in [0.25, 0.3) is 10.8 Å². The molecule has 21 nitrogen and oxygen atoms in total. The van der Waals surface area contributed by atoms with Crippen molar-refractivity contribution in [3.8, 4) is 5.75 Å². The minimum Gasteiger partial charge on any atom is -0.505 e. The molecule has 0 saturated carbocycles. The van der Waals surface area contributed by atoms with Crippen LogP contribution in [0.4, 0.5) is 28.4 Å². The van der Waals surface area contributed by atoms with Gasteiger partial charge in [-0.3, -0.25) is 18.2 Å². The summed E-state index contributed by atoms with van der Waals surface area (Å²) in [4.78, 5) is -2.15. The zero-order valence-corrected chi connectivity index (χ0v) is 31.0. The van der Waals surface area contributed by atoms with Gasteiger partial charge in [0.25, 0.3) is 30.4 Å². The van der Waals surface area contributed by atoms with E-state index in [0.29, 0.717) is 17.7 Å². The molecule has 53 heavy (non-hydrogen) atoms. The molecule has 4 aromatic carbocycles. The molecular formula is C27H27N5O16S5. The summed E-state index contributed by atoms with van der Waals surface area (Å²) in [6.45, 7) is 1.96. The molecule has 0 unspecified atom stereocenters. The van der Waals surface area contributed by atoms with Crippen LogP contribution in [0.1, 0.15) is 11.1 Å². The van der Waals surface area contributed by atoms with E-state index in [1.807, 2.05) is 0 Å². The first-order valence-corrected chi connectivity index (χ1v) is 21.6. The van der Waals surface area contributed by atoms with Crippen LogP contribution < -0.4 is 5.32 Å². The number of hydrogen-bond donors (Lipinski definition) is 6. The SMILES string of the molecule is Cc1ccc(S(=O)(=O)O)c(N=Nc2c(NCS(=O)(=O)O)ccc3c(O)c(N=Nc4cc(S(=O)(=O)CCOS(=O)(=O)O)ccc4S(=O)(=O)O)c(C)cc23)c1. The number of sulfone groups is 1. The topological polar surface area (TPSA) is 343 Å². The number of fused-ring (bicyclic) bond motifs is 1. The lowest BCUT2D eigenvalue weighted by atomic mass is 10.0. The molecule has 0 aliphatic rings. The summed E-state index contributed by atoms with van der Waals surface area (Å²) in [5.74, 6) is -2.66. The third kappa shape index (κ3) is 10.6. The van der Waals surface area contributed by atoms with Crippen molar-refractivity contribution in [1.82, 2.24) is 0 Å². The van der Waals surface area contributed by atoms with E-state index in [9.17, 15) is 60.9 Å². The molecule has 4 aromatic rings. The molecule has 0 amide bonds. The van der Waals surface area contributed by atoms with E-state index >= 15 is 0 Å². The van der Waals surface area contributed by atoms with Gasteiger partial charge in [-0.2, -0.15) is 33.7 Å². The average molecular weight is 838 g/mol. The van der Waals surface area contributed by atoms with E-state index in [2.05, 4.69) is 30.0 Å². The quantitative estimate of drug-likeness (QED) is 0.0759. The Bertz CT molecular complexity index is 2750. The second kappa shape index (κ2) is 15.1. The summed E-state index contributed by atoms with van der Waals surface area (Å²) in [6.07, 6.45) is 0. The standard InChI is InChI=1S/C27H27N5O16S5/c1-15-3-7-23(51(39,40)41)21(11-15)29-32-26-19-12-16(2)25(27(33)18(19)5-6-20(26)28-14-50(36,37)38)31-30-22-13-17(4-8-24(22)52(42,43)44)49(34,35)10-9-48-53(45,46)47/h3-8,11-13,28,33H,9-10,14H2,1-2H3,(H,36,37,38)(H,39,40,41)(H,42,43,44)(H,45,46,47). The third-order valence-corrected chi connectivity index (χ3v) is 11.4. The smallest absolute Gasteiger partial charge is 0.397 e. The second-order valence-corrected chi connectivity index (χ2v) is 18.3. The maximum Gasteiger partial charge on any atom is 0.397 e. The Balaban J connectivity index is 1.88. The molecule has 0 atom stereocenters. The molecule has 26 heteroatoms. The number of phenolic OH excluding ortho intramolecular Hbond substituents is 1. The predicted molar refractivity (Wildman–Crippen MR) is 186 cm³/mol. The molecule has 0 aliphatic carbocycles. The zero-order chi connectivity index (χ0) is 39.7. The third-order valence-electron chi connectivity index (χ3n) is 6.94. The number of nitrogens with zero attached hydrogens (tertiary/aromatic N) is 4. The molecule has 0 spiro atoms. The average Bonchev–Trinajstić information content (AvgIpc) is 3.00. The zero-order valence-electron chi connectivity index (χ0n) is 26.9. The molecule has 0 aromatic heterocycles. The monoisotopic (exact) mass is 837 g/mol. The van der Waals surface area contributed by atoms with Gasteiger partial charge in [-0.15, -0.1) is 20.5 Å². The molecule has 0 bridgehead atoms. The van der Waals surface area contributed by atoms with Gasteiger partial charge in [0.1, 0.15) is 38.4 Å². The van der Waals surface area contributed by atoms with Gasteiger partial charge in [-0.25, -0.2) is 12.6 Å². The minimum absolute atomic E-state index is 0.0305. The maximum absolute atomic E-state index is 12.8. The fraction of sp³-hybridized carbons (Fsp3) is 0.185. The summed E-state index contributed by atoms with van der Waals surface area (Å²) < 4.78 is 160. The molecule has 0 saturated heterocycles. The molecule has 0 radical (unpaired) electrons. The van der Waals surface area contributed by atoms with Gasteiger partial charge in [0, 0.05) is 10.8 Å². The number of aromatic hydroxyl groups is 1. The Labute approximate surface area is 302 Å². The number of rotatable bonds is 14. The number of anilines is 1.